The molecule has 1 aliphatic heterocycles. The number of amides is 1. The van der Waals surface area contributed by atoms with Crippen LogP contribution in [0.3, 0.4) is 0 Å². The number of carbonyl (C=O) groups excluding carboxylic acids is 1. The summed E-state index contributed by atoms with van der Waals surface area (Å²) in [6, 6.07) is 13.5. The van der Waals surface area contributed by atoms with Crippen molar-refractivity contribution in [1.29, 1.82) is 0 Å². The number of rotatable bonds is 8. The quantitative estimate of drug-likeness (QED) is 0.390. The Balaban J connectivity index is 1.41. The molecule has 0 aliphatic carbocycles. The van der Waals surface area contributed by atoms with Crippen molar-refractivity contribution in [2.75, 3.05) is 52.9 Å². The van der Waals surface area contributed by atoms with Crippen LogP contribution in [0, 0.1) is 0 Å². The average molecular weight is 504 g/mol. The van der Waals surface area contributed by atoms with E-state index in [2.05, 4.69) is 10.3 Å². The van der Waals surface area contributed by atoms with Crippen molar-refractivity contribution in [3.63, 3.8) is 0 Å². The number of hydrogen-bond donors (Lipinski definition) is 1. The van der Waals surface area contributed by atoms with Crippen molar-refractivity contribution >= 4 is 28.6 Å². The fourth-order valence-electron chi connectivity index (χ4n) is 4.38. The Hall–Kier alpha value is -4.31. The number of carbonyl (C=O) groups is 1. The first kappa shape index (κ1) is 24.4. The summed E-state index contributed by atoms with van der Waals surface area (Å²) in [5.41, 5.74) is 3.29. The van der Waals surface area contributed by atoms with Gasteiger partial charge < -0.3 is 33.7 Å². The van der Waals surface area contributed by atoms with Gasteiger partial charge in [0.25, 0.3) is 0 Å². The second kappa shape index (κ2) is 10.8. The van der Waals surface area contributed by atoms with Crippen LogP contribution < -0.4 is 19.5 Å². The van der Waals surface area contributed by atoms with Gasteiger partial charge >= 0.3 is 0 Å². The zero-order valence-electron chi connectivity index (χ0n) is 21.1. The van der Waals surface area contributed by atoms with Gasteiger partial charge in [-0.15, -0.1) is 0 Å². The van der Waals surface area contributed by atoms with Crippen LogP contribution in [0.1, 0.15) is 5.56 Å². The molecule has 0 spiro atoms. The minimum absolute atomic E-state index is 0.108. The number of anilines is 2. The van der Waals surface area contributed by atoms with E-state index in [9.17, 15) is 4.79 Å². The first-order valence-corrected chi connectivity index (χ1v) is 12.0. The molecule has 2 aromatic heterocycles. The number of aromatic nitrogens is 3. The highest BCUT2D eigenvalue weighted by atomic mass is 16.5. The fourth-order valence-corrected chi connectivity index (χ4v) is 4.38. The Labute approximate surface area is 214 Å². The maximum absolute atomic E-state index is 12.7. The normalized spacial score (nSPS) is 13.4. The van der Waals surface area contributed by atoms with E-state index >= 15 is 0 Å². The van der Waals surface area contributed by atoms with E-state index in [0.717, 1.165) is 22.3 Å². The lowest BCUT2D eigenvalue weighted by atomic mass is 10.1. The molecule has 1 fully saturated rings. The SMILES string of the molecule is COc1cc(Nc2ncc3ccn(-c4cccc(CC(=O)N5CCOCC5)c4)c3n2)cc(OC)c1OC. The van der Waals surface area contributed by atoms with Crippen LogP contribution in [0.5, 0.6) is 17.2 Å². The van der Waals surface area contributed by atoms with E-state index in [4.69, 9.17) is 23.9 Å². The maximum atomic E-state index is 12.7. The van der Waals surface area contributed by atoms with Gasteiger partial charge in [-0.05, 0) is 23.8 Å². The Bertz CT molecular complexity index is 1390. The largest absolute Gasteiger partial charge is 0.493 e. The van der Waals surface area contributed by atoms with Crippen molar-refractivity contribution in [3.8, 4) is 22.9 Å². The molecule has 5 rings (SSSR count). The molecule has 0 saturated carbocycles. The molecule has 3 heterocycles. The van der Waals surface area contributed by atoms with Gasteiger partial charge in [-0.3, -0.25) is 4.79 Å². The summed E-state index contributed by atoms with van der Waals surface area (Å²) in [6.45, 7) is 2.46. The number of ether oxygens (including phenoxy) is 4. The van der Waals surface area contributed by atoms with Gasteiger partial charge in [0.15, 0.2) is 11.5 Å². The van der Waals surface area contributed by atoms with Crippen LogP contribution in [0.2, 0.25) is 0 Å². The third kappa shape index (κ3) is 5.14. The predicted octanol–water partition coefficient (Wildman–Crippen LogP) is 3.59. The summed E-state index contributed by atoms with van der Waals surface area (Å²) >= 11 is 0. The number of morpholine rings is 1. The lowest BCUT2D eigenvalue weighted by Gasteiger charge is -2.27. The topological polar surface area (TPSA) is 100.0 Å². The highest BCUT2D eigenvalue weighted by Crippen LogP contribution is 2.40. The first-order chi connectivity index (χ1) is 18.1. The summed E-state index contributed by atoms with van der Waals surface area (Å²) < 4.78 is 23.6. The molecule has 192 valence electrons. The van der Waals surface area contributed by atoms with Crippen LogP contribution in [0.25, 0.3) is 16.7 Å². The molecule has 2 aromatic carbocycles. The molecule has 10 nitrogen and oxygen atoms in total. The molecular formula is C27H29N5O5. The molecule has 4 aromatic rings. The van der Waals surface area contributed by atoms with E-state index in [1.165, 1.54) is 0 Å². The predicted molar refractivity (Wildman–Crippen MR) is 139 cm³/mol. The Morgan fingerprint density at radius 1 is 1.03 bits per heavy atom. The fraction of sp³-hybridized carbons (Fsp3) is 0.296. The van der Waals surface area contributed by atoms with E-state index in [1.54, 1.807) is 39.7 Å². The Morgan fingerprint density at radius 3 is 2.49 bits per heavy atom. The summed E-state index contributed by atoms with van der Waals surface area (Å²) in [4.78, 5) is 23.8. The second-order valence-corrected chi connectivity index (χ2v) is 8.54. The van der Waals surface area contributed by atoms with Crippen molar-refractivity contribution in [1.82, 2.24) is 19.4 Å². The third-order valence-corrected chi connectivity index (χ3v) is 6.26. The minimum atomic E-state index is 0.108. The van der Waals surface area contributed by atoms with Gasteiger partial charge in [-0.25, -0.2) is 4.98 Å². The smallest absolute Gasteiger partial charge is 0.229 e. The molecule has 37 heavy (non-hydrogen) atoms. The Kier molecular flexibility index (Phi) is 7.09. The molecule has 0 radical (unpaired) electrons. The summed E-state index contributed by atoms with van der Waals surface area (Å²) in [5, 5.41) is 4.12. The van der Waals surface area contributed by atoms with Crippen LogP contribution in [-0.2, 0) is 16.0 Å². The summed E-state index contributed by atoms with van der Waals surface area (Å²) in [7, 11) is 4.70. The molecule has 1 amide bonds. The number of hydrogen-bond acceptors (Lipinski definition) is 8. The molecule has 0 unspecified atom stereocenters. The van der Waals surface area contributed by atoms with E-state index in [0.29, 0.717) is 61.6 Å². The van der Waals surface area contributed by atoms with Crippen molar-refractivity contribution in [2.45, 2.75) is 6.42 Å². The summed E-state index contributed by atoms with van der Waals surface area (Å²) in [6.07, 6.45) is 4.06. The van der Waals surface area contributed by atoms with Gasteiger partial charge in [0.1, 0.15) is 5.65 Å². The molecule has 10 heteroatoms. The van der Waals surface area contributed by atoms with Gasteiger partial charge in [-0.1, -0.05) is 12.1 Å². The standard InChI is InChI=1S/C27H29N5O5/c1-34-22-15-20(16-23(35-2)25(22)36-3)29-27-28-17-19-7-8-32(26(19)30-27)21-6-4-5-18(13-21)14-24(33)31-9-11-37-12-10-31/h4-8,13,15-17H,9-12,14H2,1-3H3,(H,28,29,30). The highest BCUT2D eigenvalue weighted by Gasteiger charge is 2.18. The van der Waals surface area contributed by atoms with Gasteiger partial charge in [0.05, 0.1) is 41.0 Å². The molecule has 0 atom stereocenters. The summed E-state index contributed by atoms with van der Waals surface area (Å²) in [5.74, 6) is 2.08. The van der Waals surface area contributed by atoms with Crippen LogP contribution in [0.4, 0.5) is 11.6 Å². The number of benzene rings is 2. The Morgan fingerprint density at radius 2 is 1.78 bits per heavy atom. The van der Waals surface area contributed by atoms with Crippen LogP contribution in [0.15, 0.2) is 54.9 Å². The molecular weight excluding hydrogens is 474 g/mol. The molecule has 0 bridgehead atoms. The van der Waals surface area contributed by atoms with Crippen molar-refractivity contribution < 1.29 is 23.7 Å². The second-order valence-electron chi connectivity index (χ2n) is 8.54. The minimum Gasteiger partial charge on any atom is -0.493 e. The zero-order valence-corrected chi connectivity index (χ0v) is 21.1. The van der Waals surface area contributed by atoms with E-state index in [-0.39, 0.29) is 5.91 Å². The monoisotopic (exact) mass is 503 g/mol. The highest BCUT2D eigenvalue weighted by molar-refractivity contribution is 5.80. The molecule has 1 saturated heterocycles. The number of fused-ring (bicyclic) bond motifs is 1. The lowest BCUT2D eigenvalue weighted by molar-refractivity contribution is -0.134. The van der Waals surface area contributed by atoms with Gasteiger partial charge in [-0.2, -0.15) is 4.98 Å². The van der Waals surface area contributed by atoms with E-state index < -0.39 is 0 Å². The lowest BCUT2D eigenvalue weighted by Crippen LogP contribution is -2.41. The van der Waals surface area contributed by atoms with E-state index in [1.807, 2.05) is 46.0 Å². The maximum Gasteiger partial charge on any atom is 0.229 e. The van der Waals surface area contributed by atoms with Crippen molar-refractivity contribution in [2.24, 2.45) is 0 Å². The number of nitrogens with zero attached hydrogens (tertiary/aromatic N) is 4. The third-order valence-electron chi connectivity index (χ3n) is 6.26. The van der Waals surface area contributed by atoms with Crippen molar-refractivity contribution in [3.05, 3.63) is 60.4 Å². The van der Waals surface area contributed by atoms with Gasteiger partial charge in [0.2, 0.25) is 17.6 Å². The van der Waals surface area contributed by atoms with Crippen LogP contribution >= 0.6 is 0 Å². The molecule has 1 aliphatic rings. The zero-order chi connectivity index (χ0) is 25.8. The van der Waals surface area contributed by atoms with Crippen LogP contribution in [-0.4, -0.2) is 73.0 Å². The van der Waals surface area contributed by atoms with Gasteiger partial charge in [0, 0.05) is 54.4 Å². The number of methoxy groups -OCH3 is 3. The molecule has 1 N–H and O–H groups in total. The first-order valence-electron chi connectivity index (χ1n) is 12.0. The average Bonchev–Trinajstić information content (AvgIpc) is 3.36. The number of nitrogens with one attached hydrogen (secondary N) is 1.